The van der Waals surface area contributed by atoms with Crippen molar-refractivity contribution in [1.82, 2.24) is 39.9 Å². The van der Waals surface area contributed by atoms with E-state index in [0.29, 0.717) is 48.4 Å². The Kier molecular flexibility index (Phi) is 12.5. The Bertz CT molecular complexity index is 1570. The third kappa shape index (κ3) is 10.9. The minimum absolute atomic E-state index is 0.0987. The molecule has 276 valence electrons. The molecular formula is C27H31F9N10O4. The smallest absolute Gasteiger partial charge is 0.379 e. The summed E-state index contributed by atoms with van der Waals surface area (Å²) in [5, 5.41) is 11.5. The standard InChI is InChI=1S/C23H31F3N10O2.C4F6O2/c1-16-12-35(5-4-28-16)22-31-19-17(13-34-6-9-37-10-7-34)33-36(8-11-38-14-23(24,25)26)20(19)21(32-22)30-18-2-3-27-15-29-18;5-3(6,7)1(11)2(12)4(8,9)10/h2-3,15-16,28H,4-14H2,1H3,(H,27,29,30,31,32);/t16-;/m1./s1. The van der Waals surface area contributed by atoms with Crippen LogP contribution in [0.15, 0.2) is 18.6 Å². The van der Waals surface area contributed by atoms with Gasteiger partial charge in [-0.3, -0.25) is 19.2 Å². The average molecular weight is 731 g/mol. The number of fused-ring (bicyclic) bond motifs is 1. The molecule has 2 saturated heterocycles. The predicted octanol–water partition coefficient (Wildman–Crippen LogP) is 2.82. The van der Waals surface area contributed by atoms with E-state index in [1.54, 1.807) is 16.9 Å². The summed E-state index contributed by atoms with van der Waals surface area (Å²) in [6, 6.07) is 1.98. The summed E-state index contributed by atoms with van der Waals surface area (Å²) in [6.45, 7) is 6.27. The third-order valence-electron chi connectivity index (χ3n) is 7.04. The molecule has 5 rings (SSSR count). The Morgan fingerprint density at radius 3 is 2.28 bits per heavy atom. The monoisotopic (exact) mass is 730 g/mol. The van der Waals surface area contributed by atoms with E-state index in [4.69, 9.17) is 24.5 Å². The Labute approximate surface area is 277 Å². The third-order valence-corrected chi connectivity index (χ3v) is 7.04. The minimum atomic E-state index is -5.77. The summed E-state index contributed by atoms with van der Waals surface area (Å²) in [7, 11) is 0. The van der Waals surface area contributed by atoms with Crippen molar-refractivity contribution in [3.05, 3.63) is 24.3 Å². The van der Waals surface area contributed by atoms with Gasteiger partial charge in [-0.15, -0.1) is 0 Å². The molecule has 2 fully saturated rings. The largest absolute Gasteiger partial charge is 0.458 e. The number of rotatable bonds is 10. The van der Waals surface area contributed by atoms with Crippen molar-refractivity contribution in [3.8, 4) is 0 Å². The van der Waals surface area contributed by atoms with Crippen molar-refractivity contribution in [2.24, 2.45) is 0 Å². The Morgan fingerprint density at radius 1 is 1.02 bits per heavy atom. The summed E-state index contributed by atoms with van der Waals surface area (Å²) in [6.07, 6.45) is -12.9. The first-order valence-electron chi connectivity index (χ1n) is 14.9. The van der Waals surface area contributed by atoms with Gasteiger partial charge in [0.2, 0.25) is 5.95 Å². The summed E-state index contributed by atoms with van der Waals surface area (Å²) in [4.78, 5) is 41.6. The Morgan fingerprint density at radius 2 is 1.70 bits per heavy atom. The highest BCUT2D eigenvalue weighted by molar-refractivity contribution is 6.41. The zero-order chi connectivity index (χ0) is 36.7. The van der Waals surface area contributed by atoms with Crippen molar-refractivity contribution >= 4 is 40.2 Å². The first-order valence-corrected chi connectivity index (χ1v) is 14.9. The highest BCUT2D eigenvalue weighted by atomic mass is 19.4. The molecule has 0 radical (unpaired) electrons. The maximum Gasteiger partial charge on any atom is 0.458 e. The van der Waals surface area contributed by atoms with E-state index in [1.165, 1.54) is 6.33 Å². The van der Waals surface area contributed by atoms with Crippen molar-refractivity contribution in [2.45, 2.75) is 44.6 Å². The molecule has 2 aliphatic rings. The normalized spacial score (nSPS) is 17.7. The van der Waals surface area contributed by atoms with Crippen molar-refractivity contribution in [3.63, 3.8) is 0 Å². The fourth-order valence-electron chi connectivity index (χ4n) is 4.80. The molecule has 14 nitrogen and oxygen atoms in total. The van der Waals surface area contributed by atoms with Crippen LogP contribution in [0.1, 0.15) is 12.6 Å². The SMILES string of the molecule is C[C@@H]1CN(c2nc(Nc3ccncn3)c3c(n2)c(CN2CCOCC2)nn3CCOCC(F)(F)F)CCN1.O=C(C(=O)C(F)(F)F)C(F)(F)F. The zero-order valence-electron chi connectivity index (χ0n) is 26.2. The van der Waals surface area contributed by atoms with Crippen LogP contribution in [0.5, 0.6) is 0 Å². The van der Waals surface area contributed by atoms with Gasteiger partial charge >= 0.3 is 30.1 Å². The van der Waals surface area contributed by atoms with Gasteiger partial charge in [-0.05, 0) is 13.0 Å². The number of nitrogens with zero attached hydrogens (tertiary/aromatic N) is 8. The number of anilines is 3. The molecule has 50 heavy (non-hydrogen) atoms. The number of carbonyl (C=O) groups excluding carboxylic acids is 2. The van der Waals surface area contributed by atoms with Crippen molar-refractivity contribution < 1.29 is 58.6 Å². The first kappa shape index (κ1) is 38.6. The molecule has 0 unspecified atom stereocenters. The van der Waals surface area contributed by atoms with Gasteiger partial charge in [0.1, 0.15) is 35.5 Å². The molecule has 2 N–H and O–H groups in total. The number of hydrogen-bond donors (Lipinski definition) is 2. The summed E-state index contributed by atoms with van der Waals surface area (Å²) in [5.41, 5.74) is 1.93. The molecule has 0 amide bonds. The number of hydrogen-bond acceptors (Lipinski definition) is 13. The quantitative estimate of drug-likeness (QED) is 0.179. The molecule has 5 heterocycles. The summed E-state index contributed by atoms with van der Waals surface area (Å²) < 4.78 is 117. The second kappa shape index (κ2) is 16.2. The van der Waals surface area contributed by atoms with Crippen LogP contribution in [0.3, 0.4) is 0 Å². The number of nitrogens with one attached hydrogen (secondary N) is 2. The highest BCUT2D eigenvalue weighted by Crippen LogP contribution is 2.30. The topological polar surface area (TPSA) is 153 Å². The Balaban J connectivity index is 0.000000402. The van der Waals surface area contributed by atoms with Gasteiger partial charge in [0.25, 0.3) is 0 Å². The van der Waals surface area contributed by atoms with Gasteiger partial charge in [-0.1, -0.05) is 0 Å². The second-order valence-corrected chi connectivity index (χ2v) is 11.0. The number of alkyl halides is 9. The van der Waals surface area contributed by atoms with Gasteiger partial charge < -0.3 is 25.0 Å². The fraction of sp³-hybridized carbons (Fsp3) is 0.593. The lowest BCUT2D eigenvalue weighted by atomic mass is 10.2. The molecule has 0 spiro atoms. The van der Waals surface area contributed by atoms with Crippen LogP contribution >= 0.6 is 0 Å². The predicted molar refractivity (Wildman–Crippen MR) is 155 cm³/mol. The first-order chi connectivity index (χ1) is 23.4. The minimum Gasteiger partial charge on any atom is -0.379 e. The number of ketones is 2. The van der Waals surface area contributed by atoms with Crippen LogP contribution < -0.4 is 15.5 Å². The van der Waals surface area contributed by atoms with Crippen LogP contribution in [0.4, 0.5) is 57.1 Å². The maximum absolute atomic E-state index is 12.6. The number of morpholine rings is 1. The zero-order valence-corrected chi connectivity index (χ0v) is 26.2. The molecule has 2 aliphatic heterocycles. The average Bonchev–Trinajstić information content (AvgIpc) is 3.39. The maximum atomic E-state index is 12.6. The fourth-order valence-corrected chi connectivity index (χ4v) is 4.80. The van der Waals surface area contributed by atoms with Gasteiger partial charge in [0.05, 0.1) is 26.4 Å². The summed E-state index contributed by atoms with van der Waals surface area (Å²) in [5.74, 6) is -5.27. The van der Waals surface area contributed by atoms with Crippen LogP contribution in [0.25, 0.3) is 11.0 Å². The van der Waals surface area contributed by atoms with Gasteiger partial charge in [-0.2, -0.15) is 49.6 Å². The molecule has 1 atom stereocenters. The number of halogens is 9. The molecule has 3 aromatic rings. The molecule has 23 heteroatoms. The number of ether oxygens (including phenoxy) is 2. The van der Waals surface area contributed by atoms with E-state index < -0.39 is 36.7 Å². The lowest BCUT2D eigenvalue weighted by Gasteiger charge is -2.32. The van der Waals surface area contributed by atoms with Crippen LogP contribution in [-0.2, 0) is 32.2 Å². The Hall–Kier alpha value is -4.22. The van der Waals surface area contributed by atoms with Gasteiger partial charge in [0.15, 0.2) is 5.82 Å². The van der Waals surface area contributed by atoms with Gasteiger partial charge in [-0.25, -0.2) is 15.0 Å². The van der Waals surface area contributed by atoms with Crippen molar-refractivity contribution in [2.75, 3.05) is 69.4 Å². The number of piperazine rings is 1. The number of aromatic nitrogens is 6. The number of Topliss-reactive ketones (excluding diaryl/α,β-unsaturated/α-hetero) is 2. The molecular weight excluding hydrogens is 699 g/mol. The van der Waals surface area contributed by atoms with Crippen LogP contribution in [0, 0.1) is 0 Å². The molecule has 0 bridgehead atoms. The molecule has 0 aromatic carbocycles. The van der Waals surface area contributed by atoms with Gasteiger partial charge in [0, 0.05) is 51.5 Å². The highest BCUT2D eigenvalue weighted by Gasteiger charge is 2.54. The van der Waals surface area contributed by atoms with E-state index in [9.17, 15) is 49.1 Å². The van der Waals surface area contributed by atoms with E-state index in [0.717, 1.165) is 38.4 Å². The van der Waals surface area contributed by atoms with E-state index in [1.807, 2.05) is 0 Å². The number of carbonyl (C=O) groups is 2. The van der Waals surface area contributed by atoms with Crippen molar-refractivity contribution in [1.29, 1.82) is 0 Å². The van der Waals surface area contributed by atoms with Crippen LogP contribution in [-0.4, -0.2) is 130 Å². The molecule has 0 saturated carbocycles. The van der Waals surface area contributed by atoms with E-state index in [-0.39, 0.29) is 19.2 Å². The van der Waals surface area contributed by atoms with E-state index >= 15 is 0 Å². The second-order valence-electron chi connectivity index (χ2n) is 11.0. The van der Waals surface area contributed by atoms with Crippen LogP contribution in [0.2, 0.25) is 0 Å². The lowest BCUT2D eigenvalue weighted by molar-refractivity contribution is -0.193. The van der Waals surface area contributed by atoms with E-state index in [2.05, 4.69) is 37.3 Å². The summed E-state index contributed by atoms with van der Waals surface area (Å²) >= 11 is 0. The lowest BCUT2D eigenvalue weighted by Crippen LogP contribution is -2.49. The molecule has 3 aromatic heterocycles. The molecule has 0 aliphatic carbocycles.